The van der Waals surface area contributed by atoms with E-state index in [9.17, 15) is 9.59 Å². The van der Waals surface area contributed by atoms with Crippen molar-refractivity contribution in [3.05, 3.63) is 28.8 Å². The fourth-order valence-corrected chi connectivity index (χ4v) is 1.92. The van der Waals surface area contributed by atoms with Crippen LogP contribution in [-0.4, -0.2) is 22.7 Å². The number of carbonyl (C=O) groups excluding carboxylic acids is 1. The number of para-hydroxylation sites is 1. The predicted octanol–water partition coefficient (Wildman–Crippen LogP) is 1.83. The van der Waals surface area contributed by atoms with Crippen LogP contribution in [0.25, 0.3) is 0 Å². The Bertz CT molecular complexity index is 519. The number of carboxylic acid groups (broad SMARTS) is 1. The molecule has 5 nitrogen and oxygen atoms in total. The molecule has 17 heavy (non-hydrogen) atoms. The number of anilines is 1. The van der Waals surface area contributed by atoms with E-state index in [1.165, 1.54) is 0 Å². The molecule has 1 aromatic carbocycles. The first kappa shape index (κ1) is 11.6. The molecule has 0 saturated carbocycles. The van der Waals surface area contributed by atoms with Gasteiger partial charge >= 0.3 is 5.97 Å². The number of aliphatic carboxylic acids is 1. The Labute approximate surface area is 102 Å². The van der Waals surface area contributed by atoms with Crippen molar-refractivity contribution in [1.82, 2.24) is 0 Å². The van der Waals surface area contributed by atoms with Crippen molar-refractivity contribution in [1.29, 1.82) is 0 Å². The summed E-state index contributed by atoms with van der Waals surface area (Å²) in [5.74, 6) is -1.58. The Kier molecular flexibility index (Phi) is 2.85. The maximum absolute atomic E-state index is 11.7. The van der Waals surface area contributed by atoms with Crippen LogP contribution in [0, 0.1) is 6.92 Å². The van der Waals surface area contributed by atoms with Crippen molar-refractivity contribution in [2.75, 3.05) is 5.01 Å². The molecule has 6 heteroatoms. The molecule has 1 aliphatic rings. The smallest absolute Gasteiger partial charge is 0.352 e. The van der Waals surface area contributed by atoms with Crippen molar-refractivity contribution in [3.63, 3.8) is 0 Å². The van der Waals surface area contributed by atoms with Gasteiger partial charge in [0, 0.05) is 0 Å². The largest absolute Gasteiger partial charge is 0.477 e. The summed E-state index contributed by atoms with van der Waals surface area (Å²) < 4.78 is 0. The molecule has 0 aromatic heterocycles. The van der Waals surface area contributed by atoms with E-state index in [4.69, 9.17) is 16.7 Å². The van der Waals surface area contributed by atoms with Crippen molar-refractivity contribution >= 4 is 34.9 Å². The SMILES string of the molecule is Cc1cccc(Cl)c1N1N=C(C(=O)O)CC1=O. The first-order valence-corrected chi connectivity index (χ1v) is 5.27. The van der Waals surface area contributed by atoms with Crippen LogP contribution < -0.4 is 5.01 Å². The summed E-state index contributed by atoms with van der Waals surface area (Å²) in [6.07, 6.45) is -0.208. The van der Waals surface area contributed by atoms with Gasteiger partial charge in [0.25, 0.3) is 5.91 Å². The lowest BCUT2D eigenvalue weighted by molar-refractivity contribution is -0.129. The number of rotatable bonds is 2. The van der Waals surface area contributed by atoms with Crippen LogP contribution in [0.1, 0.15) is 12.0 Å². The highest BCUT2D eigenvalue weighted by molar-refractivity contribution is 6.42. The van der Waals surface area contributed by atoms with Gasteiger partial charge in [0.15, 0.2) is 5.71 Å². The Morgan fingerprint density at radius 3 is 2.76 bits per heavy atom. The lowest BCUT2D eigenvalue weighted by Gasteiger charge is -2.15. The lowest BCUT2D eigenvalue weighted by Crippen LogP contribution is -2.20. The predicted molar refractivity (Wildman–Crippen MR) is 63.4 cm³/mol. The Balaban J connectivity index is 2.48. The van der Waals surface area contributed by atoms with Gasteiger partial charge in [-0.2, -0.15) is 10.1 Å². The quantitative estimate of drug-likeness (QED) is 0.873. The number of halogens is 1. The molecule has 88 valence electrons. The standard InChI is InChI=1S/C11H9ClN2O3/c1-6-3-2-4-7(12)10(6)14-9(15)5-8(13-14)11(16)17/h2-4H,5H2,1H3,(H,16,17). The molecule has 0 aliphatic carbocycles. The van der Waals surface area contributed by atoms with E-state index in [0.717, 1.165) is 10.6 Å². The van der Waals surface area contributed by atoms with Gasteiger partial charge in [-0.05, 0) is 18.6 Å². The number of carbonyl (C=O) groups is 2. The molecule has 0 fully saturated rings. The zero-order valence-electron chi connectivity index (χ0n) is 8.98. The monoisotopic (exact) mass is 252 g/mol. The first-order valence-electron chi connectivity index (χ1n) is 4.89. The number of nitrogens with zero attached hydrogens (tertiary/aromatic N) is 2. The number of benzene rings is 1. The van der Waals surface area contributed by atoms with E-state index < -0.39 is 11.9 Å². The van der Waals surface area contributed by atoms with E-state index in [0.29, 0.717) is 10.7 Å². The zero-order chi connectivity index (χ0) is 12.6. The van der Waals surface area contributed by atoms with Gasteiger partial charge in [-0.3, -0.25) is 4.79 Å². The summed E-state index contributed by atoms with van der Waals surface area (Å²) in [4.78, 5) is 22.4. The van der Waals surface area contributed by atoms with E-state index in [2.05, 4.69) is 5.10 Å². The minimum atomic E-state index is -1.19. The molecule has 1 aliphatic heterocycles. The number of aryl methyl sites for hydroxylation is 1. The molecule has 0 spiro atoms. The van der Waals surface area contributed by atoms with Crippen LogP contribution in [0.5, 0.6) is 0 Å². The number of hydrazone groups is 1. The van der Waals surface area contributed by atoms with Gasteiger partial charge < -0.3 is 5.11 Å². The second-order valence-corrected chi connectivity index (χ2v) is 4.05. The maximum atomic E-state index is 11.7. The normalized spacial score (nSPS) is 15.1. The van der Waals surface area contributed by atoms with Gasteiger partial charge in [0.2, 0.25) is 0 Å². The average molecular weight is 253 g/mol. The second-order valence-electron chi connectivity index (χ2n) is 3.64. The van der Waals surface area contributed by atoms with E-state index in [-0.39, 0.29) is 12.1 Å². The summed E-state index contributed by atoms with van der Waals surface area (Å²) >= 11 is 5.99. The zero-order valence-corrected chi connectivity index (χ0v) is 9.73. The number of hydrogen-bond donors (Lipinski definition) is 1. The highest BCUT2D eigenvalue weighted by Gasteiger charge is 2.30. The molecule has 1 aromatic rings. The van der Waals surface area contributed by atoms with Crippen molar-refractivity contribution < 1.29 is 14.7 Å². The van der Waals surface area contributed by atoms with Gasteiger partial charge in [0.1, 0.15) is 0 Å². The van der Waals surface area contributed by atoms with Gasteiger partial charge in [-0.1, -0.05) is 23.7 Å². The van der Waals surface area contributed by atoms with E-state index in [1.807, 2.05) is 0 Å². The molecule has 1 heterocycles. The molecule has 1 amide bonds. The van der Waals surface area contributed by atoms with Crippen molar-refractivity contribution in [3.8, 4) is 0 Å². The van der Waals surface area contributed by atoms with Crippen molar-refractivity contribution in [2.24, 2.45) is 5.10 Å². The third-order valence-corrected chi connectivity index (χ3v) is 2.73. The highest BCUT2D eigenvalue weighted by atomic mass is 35.5. The van der Waals surface area contributed by atoms with Gasteiger partial charge in [0.05, 0.1) is 17.1 Å². The maximum Gasteiger partial charge on any atom is 0.352 e. The average Bonchev–Trinajstić information content (AvgIpc) is 2.61. The second kappa shape index (κ2) is 4.18. The molecule has 2 rings (SSSR count). The summed E-state index contributed by atoms with van der Waals surface area (Å²) in [5.41, 5.74) is 1.03. The Hall–Kier alpha value is -1.88. The molecule has 0 unspecified atom stereocenters. The molecular formula is C11H9ClN2O3. The summed E-state index contributed by atoms with van der Waals surface area (Å²) in [5, 5.41) is 14.0. The molecule has 0 saturated heterocycles. The molecule has 0 radical (unpaired) electrons. The van der Waals surface area contributed by atoms with Crippen LogP contribution in [0.2, 0.25) is 5.02 Å². The number of hydrogen-bond acceptors (Lipinski definition) is 3. The van der Waals surface area contributed by atoms with Crippen LogP contribution in [0.4, 0.5) is 5.69 Å². The van der Waals surface area contributed by atoms with Crippen molar-refractivity contribution in [2.45, 2.75) is 13.3 Å². The minimum Gasteiger partial charge on any atom is -0.477 e. The third-order valence-electron chi connectivity index (χ3n) is 2.42. The van der Waals surface area contributed by atoms with E-state index in [1.54, 1.807) is 25.1 Å². The fourth-order valence-electron chi connectivity index (χ4n) is 1.61. The fraction of sp³-hybridized carbons (Fsp3) is 0.182. The Morgan fingerprint density at radius 2 is 2.24 bits per heavy atom. The summed E-state index contributed by atoms with van der Waals surface area (Å²) in [7, 11) is 0. The van der Waals surface area contributed by atoms with Gasteiger partial charge in [-0.15, -0.1) is 0 Å². The topological polar surface area (TPSA) is 70.0 Å². The van der Waals surface area contributed by atoms with Crippen LogP contribution in [0.15, 0.2) is 23.3 Å². The summed E-state index contributed by atoms with van der Waals surface area (Å²) in [6, 6.07) is 5.16. The molecule has 0 atom stereocenters. The third kappa shape index (κ3) is 2.01. The minimum absolute atomic E-state index is 0.172. The van der Waals surface area contributed by atoms with E-state index >= 15 is 0 Å². The number of amides is 1. The molecule has 1 N–H and O–H groups in total. The molecule has 0 bridgehead atoms. The lowest BCUT2D eigenvalue weighted by atomic mass is 10.2. The van der Waals surface area contributed by atoms with Crippen LogP contribution >= 0.6 is 11.6 Å². The molecular weight excluding hydrogens is 244 g/mol. The van der Waals surface area contributed by atoms with Crippen LogP contribution in [-0.2, 0) is 9.59 Å². The summed E-state index contributed by atoms with van der Waals surface area (Å²) in [6.45, 7) is 1.78. The van der Waals surface area contributed by atoms with Crippen LogP contribution in [0.3, 0.4) is 0 Å². The number of carboxylic acids is 1. The Morgan fingerprint density at radius 1 is 1.53 bits per heavy atom. The van der Waals surface area contributed by atoms with Gasteiger partial charge in [-0.25, -0.2) is 4.79 Å². The first-order chi connectivity index (χ1) is 8.00. The highest BCUT2D eigenvalue weighted by Crippen LogP contribution is 2.32.